The normalized spacial score (nSPS) is 10.1. The van der Waals surface area contributed by atoms with Gasteiger partial charge in [0.25, 0.3) is 0 Å². The van der Waals surface area contributed by atoms with E-state index in [-0.39, 0.29) is 5.78 Å². The third kappa shape index (κ3) is 4.11. The monoisotopic (exact) mass is 229 g/mol. The van der Waals surface area contributed by atoms with E-state index < -0.39 is 0 Å². The molecule has 0 amide bonds. The van der Waals surface area contributed by atoms with Crippen LogP contribution >= 0.6 is 23.4 Å². The predicted molar refractivity (Wildman–Crippen MR) is 59.9 cm³/mol. The first kappa shape index (κ1) is 11.5. The van der Waals surface area contributed by atoms with Gasteiger partial charge >= 0.3 is 0 Å². The molecule has 1 heterocycles. The van der Waals surface area contributed by atoms with E-state index >= 15 is 0 Å². The zero-order chi connectivity index (χ0) is 10.4. The molecule has 0 aromatic carbocycles. The van der Waals surface area contributed by atoms with Gasteiger partial charge in [0.05, 0.1) is 5.02 Å². The second-order valence-corrected chi connectivity index (χ2v) is 4.44. The Labute approximate surface area is 93.1 Å². The molecule has 76 valence electrons. The van der Waals surface area contributed by atoms with Gasteiger partial charge in [0.2, 0.25) is 0 Å². The van der Waals surface area contributed by atoms with Gasteiger partial charge in [-0.15, -0.1) is 11.8 Å². The number of hydrogen-bond donors (Lipinski definition) is 0. The van der Waals surface area contributed by atoms with Crippen LogP contribution in [0, 0.1) is 0 Å². The number of aromatic nitrogens is 1. The van der Waals surface area contributed by atoms with Crippen molar-refractivity contribution in [3.8, 4) is 0 Å². The van der Waals surface area contributed by atoms with Crippen molar-refractivity contribution in [3.63, 3.8) is 0 Å². The largest absolute Gasteiger partial charge is 0.300 e. The first-order valence-electron chi connectivity index (χ1n) is 4.43. The standard InChI is InChI=1S/C10H12ClNOS/c1-8(13)4-3-7-14-10-9(11)5-2-6-12-10/h2,5-6H,3-4,7H2,1H3. The van der Waals surface area contributed by atoms with Crippen molar-refractivity contribution in [1.29, 1.82) is 0 Å². The number of hydrogen-bond acceptors (Lipinski definition) is 3. The Morgan fingerprint density at radius 1 is 1.64 bits per heavy atom. The molecule has 0 radical (unpaired) electrons. The van der Waals surface area contributed by atoms with E-state index in [1.807, 2.05) is 12.1 Å². The Morgan fingerprint density at radius 3 is 3.07 bits per heavy atom. The summed E-state index contributed by atoms with van der Waals surface area (Å²) in [5.41, 5.74) is 0. The third-order valence-electron chi connectivity index (χ3n) is 1.64. The first-order valence-corrected chi connectivity index (χ1v) is 5.79. The van der Waals surface area contributed by atoms with Crippen molar-refractivity contribution in [1.82, 2.24) is 4.98 Å². The lowest BCUT2D eigenvalue weighted by Crippen LogP contribution is -1.91. The summed E-state index contributed by atoms with van der Waals surface area (Å²) in [5, 5.41) is 1.53. The summed E-state index contributed by atoms with van der Waals surface area (Å²) in [6, 6.07) is 3.63. The molecule has 14 heavy (non-hydrogen) atoms. The molecule has 0 atom stereocenters. The van der Waals surface area contributed by atoms with E-state index in [9.17, 15) is 4.79 Å². The summed E-state index contributed by atoms with van der Waals surface area (Å²) in [6.07, 6.45) is 3.24. The maximum absolute atomic E-state index is 10.7. The van der Waals surface area contributed by atoms with Crippen molar-refractivity contribution >= 4 is 29.1 Å². The zero-order valence-corrected chi connectivity index (χ0v) is 9.57. The van der Waals surface area contributed by atoms with Gasteiger partial charge in [0.15, 0.2) is 0 Å². The number of pyridine rings is 1. The van der Waals surface area contributed by atoms with Gasteiger partial charge in [-0.25, -0.2) is 4.98 Å². The minimum absolute atomic E-state index is 0.234. The molecule has 1 aromatic heterocycles. The highest BCUT2D eigenvalue weighted by atomic mass is 35.5. The highest BCUT2D eigenvalue weighted by Gasteiger charge is 2.01. The zero-order valence-electron chi connectivity index (χ0n) is 8.00. The number of ketones is 1. The van der Waals surface area contributed by atoms with E-state index in [0.717, 1.165) is 17.2 Å². The van der Waals surface area contributed by atoms with Gasteiger partial charge in [0, 0.05) is 12.6 Å². The van der Waals surface area contributed by atoms with E-state index in [1.54, 1.807) is 24.9 Å². The molecule has 1 rings (SSSR count). The summed E-state index contributed by atoms with van der Waals surface area (Å²) in [7, 11) is 0. The Bertz CT molecular complexity index is 317. The molecular formula is C10H12ClNOS. The lowest BCUT2D eigenvalue weighted by atomic mass is 10.3. The molecule has 4 heteroatoms. The molecule has 0 saturated carbocycles. The molecule has 0 fully saturated rings. The van der Waals surface area contributed by atoms with Crippen LogP contribution in [0.4, 0.5) is 0 Å². The van der Waals surface area contributed by atoms with Crippen molar-refractivity contribution in [2.24, 2.45) is 0 Å². The Balaban J connectivity index is 2.31. The van der Waals surface area contributed by atoms with Crippen LogP contribution in [0.1, 0.15) is 19.8 Å². The second kappa shape index (κ2) is 6.04. The minimum Gasteiger partial charge on any atom is -0.300 e. The van der Waals surface area contributed by atoms with Gasteiger partial charge in [-0.2, -0.15) is 0 Å². The molecule has 2 nitrogen and oxygen atoms in total. The molecule has 0 saturated heterocycles. The Hall–Kier alpha value is -0.540. The highest BCUT2D eigenvalue weighted by molar-refractivity contribution is 7.99. The summed E-state index contributed by atoms with van der Waals surface area (Å²) >= 11 is 7.51. The Kier molecular flexibility index (Phi) is 4.98. The number of rotatable bonds is 5. The van der Waals surface area contributed by atoms with Crippen LogP contribution < -0.4 is 0 Å². The molecule has 0 aliphatic carbocycles. The number of halogens is 1. The molecule has 0 unspecified atom stereocenters. The van der Waals surface area contributed by atoms with Crippen LogP contribution in [0.2, 0.25) is 5.02 Å². The lowest BCUT2D eigenvalue weighted by molar-refractivity contribution is -0.117. The maximum atomic E-state index is 10.7. The third-order valence-corrected chi connectivity index (χ3v) is 3.15. The van der Waals surface area contributed by atoms with Crippen molar-refractivity contribution in [2.45, 2.75) is 24.8 Å². The smallest absolute Gasteiger partial charge is 0.129 e. The number of carbonyl (C=O) groups excluding carboxylic acids is 1. The fourth-order valence-electron chi connectivity index (χ4n) is 0.967. The molecule has 0 spiro atoms. The molecule has 0 aliphatic rings. The van der Waals surface area contributed by atoms with E-state index in [4.69, 9.17) is 11.6 Å². The summed E-state index contributed by atoms with van der Waals surface area (Å²) in [5.74, 6) is 1.12. The van der Waals surface area contributed by atoms with Crippen LogP contribution in [-0.4, -0.2) is 16.5 Å². The molecule has 1 aromatic rings. The Morgan fingerprint density at radius 2 is 2.43 bits per heavy atom. The van der Waals surface area contributed by atoms with Crippen LogP contribution in [0.5, 0.6) is 0 Å². The fourth-order valence-corrected chi connectivity index (χ4v) is 2.08. The van der Waals surface area contributed by atoms with Gasteiger partial charge in [-0.3, -0.25) is 0 Å². The molecule has 0 N–H and O–H groups in total. The van der Waals surface area contributed by atoms with Crippen molar-refractivity contribution in [3.05, 3.63) is 23.4 Å². The quantitative estimate of drug-likeness (QED) is 0.574. The molecule has 0 bridgehead atoms. The number of thioether (sulfide) groups is 1. The SMILES string of the molecule is CC(=O)CCCSc1ncccc1Cl. The van der Waals surface area contributed by atoms with Crippen LogP contribution in [-0.2, 0) is 4.79 Å². The van der Waals surface area contributed by atoms with Crippen LogP contribution in [0.3, 0.4) is 0 Å². The average molecular weight is 230 g/mol. The number of Topliss-reactive ketones (excluding diaryl/α,β-unsaturated/α-hetero) is 1. The van der Waals surface area contributed by atoms with E-state index in [1.165, 1.54) is 0 Å². The van der Waals surface area contributed by atoms with E-state index in [0.29, 0.717) is 11.4 Å². The predicted octanol–water partition coefficient (Wildman–Crippen LogP) is 3.20. The summed E-state index contributed by atoms with van der Waals surface area (Å²) in [4.78, 5) is 14.8. The number of nitrogens with zero attached hydrogens (tertiary/aromatic N) is 1. The summed E-state index contributed by atoms with van der Waals surface area (Å²) < 4.78 is 0. The molecular weight excluding hydrogens is 218 g/mol. The average Bonchev–Trinajstić information content (AvgIpc) is 2.15. The van der Waals surface area contributed by atoms with Gasteiger partial charge in [-0.1, -0.05) is 11.6 Å². The summed E-state index contributed by atoms with van der Waals surface area (Å²) in [6.45, 7) is 1.61. The van der Waals surface area contributed by atoms with Crippen LogP contribution in [0.25, 0.3) is 0 Å². The van der Waals surface area contributed by atoms with Gasteiger partial charge in [-0.05, 0) is 31.2 Å². The minimum atomic E-state index is 0.234. The fraction of sp³-hybridized carbons (Fsp3) is 0.400. The van der Waals surface area contributed by atoms with Crippen molar-refractivity contribution in [2.75, 3.05) is 5.75 Å². The molecule has 0 aliphatic heterocycles. The van der Waals surface area contributed by atoms with Gasteiger partial charge < -0.3 is 4.79 Å². The topological polar surface area (TPSA) is 30.0 Å². The van der Waals surface area contributed by atoms with Crippen LogP contribution in [0.15, 0.2) is 23.4 Å². The number of carbonyl (C=O) groups is 1. The van der Waals surface area contributed by atoms with Crippen molar-refractivity contribution < 1.29 is 4.79 Å². The maximum Gasteiger partial charge on any atom is 0.129 e. The highest BCUT2D eigenvalue weighted by Crippen LogP contribution is 2.24. The van der Waals surface area contributed by atoms with E-state index in [2.05, 4.69) is 4.98 Å². The van der Waals surface area contributed by atoms with Gasteiger partial charge in [0.1, 0.15) is 10.8 Å². The first-order chi connectivity index (χ1) is 6.70. The second-order valence-electron chi connectivity index (χ2n) is 2.94. The lowest BCUT2D eigenvalue weighted by Gasteiger charge is -2.01.